The molecular formula is C10H20N4O2. The van der Waals surface area contributed by atoms with Gasteiger partial charge in [-0.1, -0.05) is 0 Å². The number of aromatic nitrogens is 2. The lowest BCUT2D eigenvalue weighted by Crippen LogP contribution is -2.47. The minimum Gasteiger partial charge on any atom is -0.354 e. The molecule has 0 radical (unpaired) electrons. The van der Waals surface area contributed by atoms with Gasteiger partial charge in [0, 0.05) is 39.6 Å². The van der Waals surface area contributed by atoms with Crippen molar-refractivity contribution in [3.05, 3.63) is 18.2 Å². The van der Waals surface area contributed by atoms with Crippen LogP contribution in [0.3, 0.4) is 0 Å². The number of hydrogen-bond donors (Lipinski definition) is 2. The largest absolute Gasteiger partial charge is 0.354 e. The summed E-state index contributed by atoms with van der Waals surface area (Å²) < 4.78 is 12.4. The smallest absolute Gasteiger partial charge is 0.173 e. The summed E-state index contributed by atoms with van der Waals surface area (Å²) in [6.45, 7) is 2.96. The number of nitrogens with two attached hydrogens (primary N) is 1. The van der Waals surface area contributed by atoms with Gasteiger partial charge < -0.3 is 14.0 Å². The van der Waals surface area contributed by atoms with Gasteiger partial charge in [-0.2, -0.15) is 0 Å². The zero-order valence-electron chi connectivity index (χ0n) is 10.0. The molecule has 1 aromatic heterocycles. The van der Waals surface area contributed by atoms with E-state index in [-0.39, 0.29) is 12.3 Å². The molecule has 0 amide bonds. The number of nitrogens with one attached hydrogen (secondary N) is 1. The SMILES string of the molecule is CCn1ccnc1CC(NN)C(OC)OC. The molecule has 0 aliphatic carbocycles. The number of rotatable bonds is 7. The number of nitrogens with zero attached hydrogens (tertiary/aromatic N) is 2. The van der Waals surface area contributed by atoms with Gasteiger partial charge in [-0.25, -0.2) is 4.98 Å². The second kappa shape index (κ2) is 6.59. The van der Waals surface area contributed by atoms with Crippen LogP contribution in [0.4, 0.5) is 0 Å². The highest BCUT2D eigenvalue weighted by molar-refractivity contribution is 4.96. The minimum absolute atomic E-state index is 0.123. The molecule has 0 aliphatic heterocycles. The fourth-order valence-electron chi connectivity index (χ4n) is 1.67. The number of hydrazine groups is 1. The first kappa shape index (κ1) is 13.1. The van der Waals surface area contributed by atoms with Crippen molar-refractivity contribution in [2.75, 3.05) is 14.2 Å². The van der Waals surface area contributed by atoms with Gasteiger partial charge in [0.15, 0.2) is 6.29 Å². The molecule has 0 saturated carbocycles. The van der Waals surface area contributed by atoms with Crippen LogP contribution < -0.4 is 11.3 Å². The number of aryl methyl sites for hydroxylation is 1. The van der Waals surface area contributed by atoms with Crippen LogP contribution in [-0.4, -0.2) is 36.1 Å². The molecule has 0 fully saturated rings. The third-order valence-electron chi connectivity index (χ3n) is 2.55. The molecule has 0 saturated heterocycles. The molecule has 6 nitrogen and oxygen atoms in total. The molecule has 0 bridgehead atoms. The van der Waals surface area contributed by atoms with Crippen LogP contribution in [0.5, 0.6) is 0 Å². The van der Waals surface area contributed by atoms with Gasteiger partial charge in [-0.3, -0.25) is 11.3 Å². The zero-order valence-corrected chi connectivity index (χ0v) is 10.0. The first-order valence-corrected chi connectivity index (χ1v) is 5.28. The molecule has 3 N–H and O–H groups in total. The van der Waals surface area contributed by atoms with Crippen LogP contribution in [-0.2, 0) is 22.4 Å². The van der Waals surface area contributed by atoms with Crippen molar-refractivity contribution in [1.29, 1.82) is 0 Å². The third kappa shape index (κ3) is 3.02. The van der Waals surface area contributed by atoms with Crippen LogP contribution in [0.2, 0.25) is 0 Å². The van der Waals surface area contributed by atoms with Gasteiger partial charge in [0.25, 0.3) is 0 Å². The fourth-order valence-corrected chi connectivity index (χ4v) is 1.67. The van der Waals surface area contributed by atoms with E-state index in [1.807, 2.05) is 6.20 Å². The molecule has 6 heteroatoms. The van der Waals surface area contributed by atoms with Crippen LogP contribution in [0, 0.1) is 0 Å². The van der Waals surface area contributed by atoms with E-state index in [0.717, 1.165) is 12.4 Å². The summed E-state index contributed by atoms with van der Waals surface area (Å²) in [7, 11) is 3.18. The Morgan fingerprint density at radius 2 is 2.19 bits per heavy atom. The fraction of sp³-hybridized carbons (Fsp3) is 0.700. The van der Waals surface area contributed by atoms with E-state index in [1.54, 1.807) is 20.4 Å². The molecule has 0 aromatic carbocycles. The quantitative estimate of drug-likeness (QED) is 0.387. The standard InChI is InChI=1S/C10H20N4O2/c1-4-14-6-5-12-9(14)7-8(13-11)10(15-2)16-3/h5-6,8,10,13H,4,7,11H2,1-3H3. The molecule has 1 heterocycles. The van der Waals surface area contributed by atoms with E-state index in [2.05, 4.69) is 21.9 Å². The van der Waals surface area contributed by atoms with Gasteiger partial charge in [-0.05, 0) is 6.92 Å². The average molecular weight is 228 g/mol. The maximum Gasteiger partial charge on any atom is 0.173 e. The van der Waals surface area contributed by atoms with Crippen molar-refractivity contribution in [3.63, 3.8) is 0 Å². The second-order valence-electron chi connectivity index (χ2n) is 3.45. The monoisotopic (exact) mass is 228 g/mol. The molecule has 1 aromatic rings. The highest BCUT2D eigenvalue weighted by Gasteiger charge is 2.21. The number of hydrogen-bond acceptors (Lipinski definition) is 5. The lowest BCUT2D eigenvalue weighted by molar-refractivity contribution is -0.123. The topological polar surface area (TPSA) is 74.3 Å². The summed E-state index contributed by atoms with van der Waals surface area (Å²) in [6, 6.07) is -0.123. The van der Waals surface area contributed by atoms with Crippen molar-refractivity contribution in [1.82, 2.24) is 15.0 Å². The van der Waals surface area contributed by atoms with Crippen molar-refractivity contribution in [2.24, 2.45) is 5.84 Å². The van der Waals surface area contributed by atoms with Crippen molar-refractivity contribution < 1.29 is 9.47 Å². The summed E-state index contributed by atoms with van der Waals surface area (Å²) in [6.07, 6.45) is 3.99. The lowest BCUT2D eigenvalue weighted by Gasteiger charge is -2.23. The van der Waals surface area contributed by atoms with E-state index < -0.39 is 0 Å². The van der Waals surface area contributed by atoms with Crippen molar-refractivity contribution in [3.8, 4) is 0 Å². The highest BCUT2D eigenvalue weighted by Crippen LogP contribution is 2.07. The normalized spacial score (nSPS) is 13.3. The van der Waals surface area contributed by atoms with Gasteiger partial charge in [-0.15, -0.1) is 0 Å². The zero-order chi connectivity index (χ0) is 12.0. The molecule has 0 aliphatic rings. The Balaban J connectivity index is 2.69. The Hall–Kier alpha value is -0.950. The van der Waals surface area contributed by atoms with Gasteiger partial charge in [0.1, 0.15) is 5.82 Å². The van der Waals surface area contributed by atoms with E-state index in [9.17, 15) is 0 Å². The second-order valence-corrected chi connectivity index (χ2v) is 3.45. The van der Waals surface area contributed by atoms with Gasteiger partial charge >= 0.3 is 0 Å². The summed E-state index contributed by atoms with van der Waals surface area (Å²) in [4.78, 5) is 4.28. The summed E-state index contributed by atoms with van der Waals surface area (Å²) >= 11 is 0. The Morgan fingerprint density at radius 1 is 1.50 bits per heavy atom. The molecule has 16 heavy (non-hydrogen) atoms. The van der Waals surface area contributed by atoms with Crippen LogP contribution in [0.1, 0.15) is 12.7 Å². The molecule has 0 spiro atoms. The Kier molecular flexibility index (Phi) is 5.41. The first-order chi connectivity index (χ1) is 7.76. The van der Waals surface area contributed by atoms with Crippen molar-refractivity contribution >= 4 is 0 Å². The molecule has 1 unspecified atom stereocenters. The Labute approximate surface area is 95.7 Å². The van der Waals surface area contributed by atoms with Crippen LogP contribution in [0.15, 0.2) is 12.4 Å². The minimum atomic E-state index is -0.382. The maximum atomic E-state index is 5.49. The van der Waals surface area contributed by atoms with E-state index in [0.29, 0.717) is 6.42 Å². The van der Waals surface area contributed by atoms with E-state index in [1.165, 1.54) is 0 Å². The Bertz CT molecular complexity index is 299. The van der Waals surface area contributed by atoms with E-state index >= 15 is 0 Å². The Morgan fingerprint density at radius 3 is 2.69 bits per heavy atom. The summed E-state index contributed by atoms with van der Waals surface area (Å²) in [5, 5.41) is 0. The lowest BCUT2D eigenvalue weighted by atomic mass is 10.2. The summed E-state index contributed by atoms with van der Waals surface area (Å²) in [5.41, 5.74) is 2.69. The molecule has 1 rings (SSSR count). The predicted molar refractivity (Wildman–Crippen MR) is 60.5 cm³/mol. The van der Waals surface area contributed by atoms with Crippen molar-refractivity contribution in [2.45, 2.75) is 32.2 Å². The summed E-state index contributed by atoms with van der Waals surface area (Å²) in [5.74, 6) is 6.45. The predicted octanol–water partition coefficient (Wildman–Crippen LogP) is -0.104. The number of methoxy groups -OCH3 is 2. The highest BCUT2D eigenvalue weighted by atomic mass is 16.7. The van der Waals surface area contributed by atoms with E-state index in [4.69, 9.17) is 15.3 Å². The first-order valence-electron chi connectivity index (χ1n) is 5.28. The molecule has 1 atom stereocenters. The third-order valence-corrected chi connectivity index (χ3v) is 2.55. The van der Waals surface area contributed by atoms with Crippen LogP contribution in [0.25, 0.3) is 0 Å². The average Bonchev–Trinajstić information content (AvgIpc) is 2.76. The van der Waals surface area contributed by atoms with Gasteiger partial charge in [0.05, 0.1) is 6.04 Å². The molecule has 92 valence electrons. The van der Waals surface area contributed by atoms with Gasteiger partial charge in [0.2, 0.25) is 0 Å². The number of ether oxygens (including phenoxy) is 2. The molecular weight excluding hydrogens is 208 g/mol. The van der Waals surface area contributed by atoms with Crippen LogP contribution >= 0.6 is 0 Å². The maximum absolute atomic E-state index is 5.49. The number of imidazole rings is 1.